The normalized spacial score (nSPS) is 11.8. The van der Waals surface area contributed by atoms with Gasteiger partial charge in [0.2, 0.25) is 5.89 Å². The van der Waals surface area contributed by atoms with Crippen LogP contribution in [0.15, 0.2) is 82.4 Å². The van der Waals surface area contributed by atoms with E-state index in [4.69, 9.17) is 9.62 Å². The highest BCUT2D eigenvalue weighted by Crippen LogP contribution is 2.24. The summed E-state index contributed by atoms with van der Waals surface area (Å²) in [6, 6.07) is 22.8. The minimum atomic E-state index is -0.324. The van der Waals surface area contributed by atoms with E-state index in [1.807, 2.05) is 72.8 Å². The highest BCUT2D eigenvalue weighted by atomic mass is 16.4. The molecule has 0 aliphatic heterocycles. The van der Waals surface area contributed by atoms with Gasteiger partial charge in [-0.25, -0.2) is 4.98 Å². The van der Waals surface area contributed by atoms with Gasteiger partial charge in [0.1, 0.15) is 11.4 Å². The monoisotopic (exact) mass is 397 g/mol. The number of rotatable bonds is 4. The number of benzene rings is 3. The van der Waals surface area contributed by atoms with Crippen LogP contribution in [0.25, 0.3) is 34.7 Å². The second-order valence-electron chi connectivity index (χ2n) is 6.70. The van der Waals surface area contributed by atoms with Crippen molar-refractivity contribution in [2.24, 2.45) is 5.16 Å². The molecule has 6 nitrogen and oxygen atoms in total. The molecular weight excluding hydrogens is 378 g/mol. The number of aromatic nitrogens is 1. The van der Waals surface area contributed by atoms with E-state index in [0.717, 1.165) is 27.8 Å². The van der Waals surface area contributed by atoms with Gasteiger partial charge in [0.15, 0.2) is 5.58 Å². The van der Waals surface area contributed by atoms with Gasteiger partial charge in [-0.3, -0.25) is 4.79 Å². The number of carbonyl (C=O) groups is 1. The van der Waals surface area contributed by atoms with E-state index in [9.17, 15) is 4.79 Å². The summed E-state index contributed by atoms with van der Waals surface area (Å²) in [5, 5.41) is 14.0. The maximum absolute atomic E-state index is 12.0. The second kappa shape index (κ2) is 8.45. The first kappa shape index (κ1) is 19.1. The van der Waals surface area contributed by atoms with Gasteiger partial charge in [-0.1, -0.05) is 53.7 Å². The molecule has 6 heteroatoms. The molecule has 0 aliphatic carbocycles. The summed E-state index contributed by atoms with van der Waals surface area (Å²) >= 11 is 0. The van der Waals surface area contributed by atoms with Crippen LogP contribution < -0.4 is 5.32 Å². The summed E-state index contributed by atoms with van der Waals surface area (Å²) in [4.78, 5) is 16.5. The Morgan fingerprint density at radius 2 is 1.60 bits per heavy atom. The lowest BCUT2D eigenvalue weighted by atomic mass is 10.1. The smallest absolute Gasteiger partial charge is 0.256 e. The number of hydrogen-bond acceptors (Lipinski definition) is 5. The fraction of sp³-hybridized carbons (Fsp3) is 0.0417. The second-order valence-corrected chi connectivity index (χ2v) is 6.70. The third-order valence-corrected chi connectivity index (χ3v) is 4.54. The van der Waals surface area contributed by atoms with Gasteiger partial charge >= 0.3 is 0 Å². The SMILES string of the molecule is C/C(=N\O)NC(=O)c1ccc(C=Cc2ccc(-c3nc4ccccc4o3)cc2)cc1. The molecule has 1 amide bonds. The summed E-state index contributed by atoms with van der Waals surface area (Å²) in [6.45, 7) is 1.50. The summed E-state index contributed by atoms with van der Waals surface area (Å²) in [5.74, 6) is 0.419. The Balaban J connectivity index is 1.44. The number of fused-ring (bicyclic) bond motifs is 1. The maximum Gasteiger partial charge on any atom is 0.256 e. The van der Waals surface area contributed by atoms with Gasteiger partial charge < -0.3 is 14.9 Å². The van der Waals surface area contributed by atoms with E-state index in [1.165, 1.54) is 6.92 Å². The number of hydrogen-bond donors (Lipinski definition) is 2. The highest BCUT2D eigenvalue weighted by Gasteiger charge is 2.07. The molecule has 1 heterocycles. The molecule has 0 bridgehead atoms. The molecule has 0 fully saturated rings. The molecule has 1 aromatic heterocycles. The van der Waals surface area contributed by atoms with Crippen LogP contribution in [0.3, 0.4) is 0 Å². The topological polar surface area (TPSA) is 87.7 Å². The first-order valence-electron chi connectivity index (χ1n) is 9.36. The predicted octanol–water partition coefficient (Wildman–Crippen LogP) is 5.20. The molecule has 4 rings (SSSR count). The molecule has 2 N–H and O–H groups in total. The summed E-state index contributed by atoms with van der Waals surface area (Å²) in [6.07, 6.45) is 3.96. The molecule has 0 spiro atoms. The molecule has 30 heavy (non-hydrogen) atoms. The Kier molecular flexibility index (Phi) is 5.39. The van der Waals surface area contributed by atoms with Gasteiger partial charge in [-0.15, -0.1) is 0 Å². The van der Waals surface area contributed by atoms with Crippen molar-refractivity contribution in [2.45, 2.75) is 6.92 Å². The molecule has 4 aromatic rings. The molecule has 0 radical (unpaired) electrons. The van der Waals surface area contributed by atoms with E-state index in [2.05, 4.69) is 15.5 Å². The van der Waals surface area contributed by atoms with Crippen molar-refractivity contribution in [3.63, 3.8) is 0 Å². The average molecular weight is 397 g/mol. The zero-order chi connectivity index (χ0) is 20.9. The lowest BCUT2D eigenvalue weighted by Gasteiger charge is -2.03. The van der Waals surface area contributed by atoms with Gasteiger partial charge in [0.25, 0.3) is 5.91 Å². The molecule has 0 saturated heterocycles. The minimum absolute atomic E-state index is 0.144. The minimum Gasteiger partial charge on any atom is -0.436 e. The quantitative estimate of drug-likeness (QED) is 0.163. The van der Waals surface area contributed by atoms with E-state index in [1.54, 1.807) is 12.1 Å². The molecule has 0 aliphatic rings. The first-order valence-corrected chi connectivity index (χ1v) is 9.36. The number of amidine groups is 1. The number of nitrogens with zero attached hydrogens (tertiary/aromatic N) is 2. The van der Waals surface area contributed by atoms with Crippen LogP contribution in [-0.2, 0) is 0 Å². The number of oxazole rings is 1. The van der Waals surface area contributed by atoms with Crippen LogP contribution >= 0.6 is 0 Å². The van der Waals surface area contributed by atoms with Crippen molar-refractivity contribution in [2.75, 3.05) is 0 Å². The van der Waals surface area contributed by atoms with Crippen molar-refractivity contribution in [3.8, 4) is 11.5 Å². The Hall–Kier alpha value is -4.19. The third-order valence-electron chi connectivity index (χ3n) is 4.54. The third kappa shape index (κ3) is 4.28. The predicted molar refractivity (Wildman–Crippen MR) is 117 cm³/mol. The van der Waals surface area contributed by atoms with Crippen LogP contribution in [0, 0.1) is 0 Å². The van der Waals surface area contributed by atoms with E-state index in [0.29, 0.717) is 11.5 Å². The standard InChI is InChI=1S/C24H19N3O3/c1-16(27-29)25-23(28)19-12-8-17(9-13-19)6-7-18-10-14-20(15-11-18)24-26-21-4-2-3-5-22(21)30-24/h2-15,29H,1H3,(H,25,27,28). The number of carbonyl (C=O) groups excluding carboxylic acids is 1. The largest absolute Gasteiger partial charge is 0.436 e. The number of amides is 1. The van der Waals surface area contributed by atoms with Crippen molar-refractivity contribution in [1.82, 2.24) is 10.3 Å². The van der Waals surface area contributed by atoms with Crippen molar-refractivity contribution >= 4 is 35.0 Å². The van der Waals surface area contributed by atoms with Crippen molar-refractivity contribution < 1.29 is 14.4 Å². The lowest BCUT2D eigenvalue weighted by Crippen LogP contribution is -2.28. The Morgan fingerprint density at radius 3 is 2.23 bits per heavy atom. The molecule has 0 atom stereocenters. The molecule has 0 unspecified atom stereocenters. The average Bonchev–Trinajstić information content (AvgIpc) is 3.22. The van der Waals surface area contributed by atoms with E-state index in [-0.39, 0.29) is 11.7 Å². The van der Waals surface area contributed by atoms with Gasteiger partial charge in [0, 0.05) is 11.1 Å². The zero-order valence-corrected chi connectivity index (χ0v) is 16.2. The van der Waals surface area contributed by atoms with E-state index < -0.39 is 0 Å². The highest BCUT2D eigenvalue weighted by molar-refractivity contribution is 6.05. The van der Waals surface area contributed by atoms with Crippen molar-refractivity contribution in [1.29, 1.82) is 0 Å². The fourth-order valence-electron chi connectivity index (χ4n) is 2.93. The lowest BCUT2D eigenvalue weighted by molar-refractivity contribution is 0.0975. The summed E-state index contributed by atoms with van der Waals surface area (Å²) in [5.41, 5.74) is 5.01. The molecule has 0 saturated carbocycles. The van der Waals surface area contributed by atoms with Crippen LogP contribution in [0.2, 0.25) is 0 Å². The van der Waals surface area contributed by atoms with Crippen LogP contribution in [-0.4, -0.2) is 21.9 Å². The molecule has 3 aromatic carbocycles. The molecular formula is C24H19N3O3. The van der Waals surface area contributed by atoms with Crippen LogP contribution in [0.4, 0.5) is 0 Å². The first-order chi connectivity index (χ1) is 14.6. The Bertz CT molecular complexity index is 1200. The fourth-order valence-corrected chi connectivity index (χ4v) is 2.93. The number of nitrogens with one attached hydrogen (secondary N) is 1. The van der Waals surface area contributed by atoms with E-state index >= 15 is 0 Å². The Labute approximate surface area is 173 Å². The maximum atomic E-state index is 12.0. The number of para-hydroxylation sites is 2. The van der Waals surface area contributed by atoms with Crippen molar-refractivity contribution in [3.05, 3.63) is 89.5 Å². The number of oxime groups is 1. The van der Waals surface area contributed by atoms with Crippen LogP contribution in [0.1, 0.15) is 28.4 Å². The van der Waals surface area contributed by atoms with Gasteiger partial charge in [-0.2, -0.15) is 0 Å². The summed E-state index contributed by atoms with van der Waals surface area (Å²) < 4.78 is 5.80. The van der Waals surface area contributed by atoms with Gasteiger partial charge in [0.05, 0.1) is 0 Å². The van der Waals surface area contributed by atoms with Gasteiger partial charge in [-0.05, 0) is 54.4 Å². The van der Waals surface area contributed by atoms with Crippen LogP contribution in [0.5, 0.6) is 0 Å². The molecule has 148 valence electrons. The zero-order valence-electron chi connectivity index (χ0n) is 16.2. The Morgan fingerprint density at radius 1 is 0.967 bits per heavy atom. The summed E-state index contributed by atoms with van der Waals surface area (Å²) in [7, 11) is 0.